The monoisotopic (exact) mass is 368 g/mol. The second-order valence-electron chi connectivity index (χ2n) is 6.27. The molecule has 9 nitrogen and oxygen atoms in total. The maximum atomic E-state index is 11.7. The van der Waals surface area contributed by atoms with E-state index in [1.165, 1.54) is 18.2 Å². The molecule has 1 heterocycles. The molecule has 1 aromatic heterocycles. The number of nitrogens with two attached hydrogens (primary N) is 1. The summed E-state index contributed by atoms with van der Waals surface area (Å²) in [6, 6.07) is 1.90. The van der Waals surface area contributed by atoms with Crippen molar-refractivity contribution in [1.29, 1.82) is 0 Å². The third kappa shape index (κ3) is 7.84. The minimum atomic E-state index is -1.07. The van der Waals surface area contributed by atoms with Gasteiger partial charge in [-0.25, -0.2) is 9.59 Å². The Morgan fingerprint density at radius 2 is 2.04 bits per heavy atom. The summed E-state index contributed by atoms with van der Waals surface area (Å²) in [5.41, 5.74) is 4.53. The molecule has 9 heteroatoms. The molecule has 1 aromatic rings. The van der Waals surface area contributed by atoms with Crippen molar-refractivity contribution in [2.45, 2.75) is 39.0 Å². The first-order valence-electron chi connectivity index (χ1n) is 7.85. The fraction of sp³-hybridized carbons (Fsp3) is 0.471. The van der Waals surface area contributed by atoms with Gasteiger partial charge >= 0.3 is 12.1 Å². The lowest BCUT2D eigenvalue weighted by Crippen LogP contribution is -2.48. The van der Waals surface area contributed by atoms with Gasteiger partial charge in [0.25, 0.3) is 0 Å². The Labute approximate surface area is 151 Å². The first-order chi connectivity index (χ1) is 12.1. The fourth-order valence-electron chi connectivity index (χ4n) is 1.69. The Morgan fingerprint density at radius 1 is 1.35 bits per heavy atom. The van der Waals surface area contributed by atoms with Crippen molar-refractivity contribution in [3.8, 4) is 0 Å². The topological polar surface area (TPSA) is 130 Å². The molecule has 3 N–H and O–H groups in total. The molecule has 1 rings (SSSR count). The van der Waals surface area contributed by atoms with Gasteiger partial charge in [0.15, 0.2) is 0 Å². The molecule has 144 valence electrons. The van der Waals surface area contributed by atoms with Crippen molar-refractivity contribution >= 4 is 18.0 Å². The number of furan rings is 1. The summed E-state index contributed by atoms with van der Waals surface area (Å²) in [6.07, 6.45) is 0.655. The van der Waals surface area contributed by atoms with Gasteiger partial charge in [-0.1, -0.05) is 12.7 Å². The smallest absolute Gasteiger partial charge is 0.408 e. The summed E-state index contributed by atoms with van der Waals surface area (Å²) in [5.74, 6) is -1.04. The van der Waals surface area contributed by atoms with Gasteiger partial charge < -0.3 is 29.7 Å². The molecule has 0 aliphatic heterocycles. The molecule has 0 bridgehead atoms. The van der Waals surface area contributed by atoms with E-state index >= 15 is 0 Å². The highest BCUT2D eigenvalue weighted by Gasteiger charge is 2.23. The zero-order valence-electron chi connectivity index (χ0n) is 15.1. The van der Waals surface area contributed by atoms with Crippen molar-refractivity contribution in [2.75, 3.05) is 13.2 Å². The number of rotatable bonds is 9. The van der Waals surface area contributed by atoms with Crippen LogP contribution in [0.4, 0.5) is 4.79 Å². The summed E-state index contributed by atoms with van der Waals surface area (Å²) < 4.78 is 20.5. The lowest BCUT2D eigenvalue weighted by Gasteiger charge is -2.22. The van der Waals surface area contributed by atoms with Gasteiger partial charge in [-0.05, 0) is 32.9 Å². The maximum absolute atomic E-state index is 11.7. The van der Waals surface area contributed by atoms with Crippen LogP contribution in [0.1, 0.15) is 37.1 Å². The van der Waals surface area contributed by atoms with Gasteiger partial charge in [0, 0.05) is 0 Å². The van der Waals surface area contributed by atoms with Crippen LogP contribution in [0.2, 0.25) is 0 Å². The Hall–Kier alpha value is -2.81. The standard InChI is InChI=1S/C17H24N2O7/c1-5-8-24-15(21)13-7-6-11(25-13)9-23-10-12(14(18)20)19-16(22)26-17(2,3)4/h5-7,12H,1,8-10H2,2-4H3,(H2,18,20)(H,19,22)/t12-/m0/s1. The van der Waals surface area contributed by atoms with E-state index in [0.717, 1.165) is 0 Å². The third-order valence-electron chi connectivity index (χ3n) is 2.76. The molecule has 0 saturated heterocycles. The number of ether oxygens (including phenoxy) is 3. The van der Waals surface area contributed by atoms with Gasteiger partial charge in [0.1, 0.15) is 30.6 Å². The summed E-state index contributed by atoms with van der Waals surface area (Å²) >= 11 is 0. The maximum Gasteiger partial charge on any atom is 0.408 e. The van der Waals surface area contributed by atoms with E-state index in [2.05, 4.69) is 11.9 Å². The first kappa shape index (κ1) is 21.2. The van der Waals surface area contributed by atoms with E-state index in [1.807, 2.05) is 0 Å². The quantitative estimate of drug-likeness (QED) is 0.499. The Bertz CT molecular complexity index is 646. The predicted molar refractivity (Wildman–Crippen MR) is 91.2 cm³/mol. The van der Waals surface area contributed by atoms with Crippen LogP contribution in [0, 0.1) is 0 Å². The van der Waals surface area contributed by atoms with E-state index < -0.39 is 29.6 Å². The van der Waals surface area contributed by atoms with Crippen molar-refractivity contribution < 1.29 is 33.0 Å². The molecule has 0 aliphatic carbocycles. The molecular weight excluding hydrogens is 344 g/mol. The first-order valence-corrected chi connectivity index (χ1v) is 7.85. The summed E-state index contributed by atoms with van der Waals surface area (Å²) in [7, 11) is 0. The number of nitrogens with one attached hydrogen (secondary N) is 1. The molecule has 0 spiro atoms. The second-order valence-corrected chi connectivity index (χ2v) is 6.27. The minimum absolute atomic E-state index is 0.0174. The highest BCUT2D eigenvalue weighted by molar-refractivity contribution is 5.86. The molecule has 0 radical (unpaired) electrons. The van der Waals surface area contributed by atoms with Crippen LogP contribution in [0.25, 0.3) is 0 Å². The highest BCUT2D eigenvalue weighted by Crippen LogP contribution is 2.11. The normalized spacial score (nSPS) is 12.1. The number of amides is 2. The predicted octanol–water partition coefficient (Wildman–Crippen LogP) is 1.52. The fourth-order valence-corrected chi connectivity index (χ4v) is 1.69. The third-order valence-corrected chi connectivity index (χ3v) is 2.76. The number of carbonyl (C=O) groups excluding carboxylic acids is 3. The van der Waals surface area contributed by atoms with Crippen LogP contribution in [0.15, 0.2) is 29.2 Å². The van der Waals surface area contributed by atoms with Crippen molar-refractivity contribution in [1.82, 2.24) is 5.32 Å². The number of primary amides is 1. The lowest BCUT2D eigenvalue weighted by atomic mass is 10.2. The second kappa shape index (κ2) is 9.62. The number of esters is 1. The summed E-state index contributed by atoms with van der Waals surface area (Å²) in [4.78, 5) is 34.7. The number of carbonyl (C=O) groups is 3. The van der Waals surface area contributed by atoms with Crippen LogP contribution in [0.5, 0.6) is 0 Å². The van der Waals surface area contributed by atoms with Crippen molar-refractivity contribution in [3.05, 3.63) is 36.3 Å². The molecule has 1 atom stereocenters. The van der Waals surface area contributed by atoms with Gasteiger partial charge in [-0.15, -0.1) is 0 Å². The van der Waals surface area contributed by atoms with Gasteiger partial charge in [-0.3, -0.25) is 4.79 Å². The average molecular weight is 368 g/mol. The van der Waals surface area contributed by atoms with Gasteiger partial charge in [0.05, 0.1) is 6.61 Å². The van der Waals surface area contributed by atoms with Crippen molar-refractivity contribution in [2.24, 2.45) is 5.73 Å². The molecule has 0 aromatic carbocycles. The number of hydrogen-bond acceptors (Lipinski definition) is 7. The van der Waals surface area contributed by atoms with Gasteiger partial charge in [-0.2, -0.15) is 0 Å². The average Bonchev–Trinajstić information content (AvgIpc) is 2.98. The summed E-state index contributed by atoms with van der Waals surface area (Å²) in [5, 5.41) is 2.33. The molecule has 2 amide bonds. The van der Waals surface area contributed by atoms with Crippen molar-refractivity contribution in [3.63, 3.8) is 0 Å². The molecular formula is C17H24N2O7. The van der Waals surface area contributed by atoms with E-state index in [0.29, 0.717) is 5.76 Å². The Balaban J connectivity index is 2.49. The van der Waals surface area contributed by atoms with Crippen LogP contribution >= 0.6 is 0 Å². The molecule has 0 unspecified atom stereocenters. The van der Waals surface area contributed by atoms with Gasteiger partial charge in [0.2, 0.25) is 11.7 Å². The highest BCUT2D eigenvalue weighted by atomic mass is 16.6. The molecule has 0 aliphatic rings. The van der Waals surface area contributed by atoms with Crippen LogP contribution < -0.4 is 11.1 Å². The Kier molecular flexibility index (Phi) is 7.85. The summed E-state index contributed by atoms with van der Waals surface area (Å²) in [6.45, 7) is 8.36. The zero-order valence-corrected chi connectivity index (χ0v) is 15.1. The minimum Gasteiger partial charge on any atom is -0.456 e. The van der Waals surface area contributed by atoms with E-state index in [9.17, 15) is 14.4 Å². The lowest BCUT2D eigenvalue weighted by molar-refractivity contribution is -0.121. The molecule has 26 heavy (non-hydrogen) atoms. The van der Waals surface area contributed by atoms with E-state index in [4.69, 9.17) is 24.4 Å². The number of alkyl carbamates (subject to hydrolysis) is 1. The Morgan fingerprint density at radius 3 is 2.62 bits per heavy atom. The molecule has 0 saturated carbocycles. The SMILES string of the molecule is C=CCOC(=O)c1ccc(COC[C@H](NC(=O)OC(C)(C)C)C(N)=O)o1. The van der Waals surface area contributed by atoms with E-state index in [1.54, 1.807) is 20.8 Å². The van der Waals surface area contributed by atoms with Crippen LogP contribution in [-0.4, -0.2) is 42.8 Å². The van der Waals surface area contributed by atoms with Crippen LogP contribution in [0.3, 0.4) is 0 Å². The zero-order chi connectivity index (χ0) is 19.7. The van der Waals surface area contributed by atoms with E-state index in [-0.39, 0.29) is 25.6 Å². The largest absolute Gasteiger partial charge is 0.456 e. The van der Waals surface area contributed by atoms with Crippen LogP contribution in [-0.2, 0) is 25.6 Å². The molecule has 0 fully saturated rings. The number of hydrogen-bond donors (Lipinski definition) is 2.